The minimum Gasteiger partial charge on any atom is -0.491 e. The molecule has 2 aromatic rings. The Kier molecular flexibility index (Phi) is 5.20. The number of hydrogen-bond acceptors (Lipinski definition) is 3. The second-order valence-electron chi connectivity index (χ2n) is 4.73. The highest BCUT2D eigenvalue weighted by Crippen LogP contribution is 2.21. The fourth-order valence-corrected chi connectivity index (χ4v) is 2.18. The number of rotatable bonds is 7. The van der Waals surface area contributed by atoms with Gasteiger partial charge in [-0.15, -0.1) is 0 Å². The van der Waals surface area contributed by atoms with Gasteiger partial charge in [0, 0.05) is 18.3 Å². The Balaban J connectivity index is 2.06. The summed E-state index contributed by atoms with van der Waals surface area (Å²) < 4.78 is 20.9. The quantitative estimate of drug-likeness (QED) is 0.847. The van der Waals surface area contributed by atoms with Crippen LogP contribution in [0, 0.1) is 5.82 Å². The summed E-state index contributed by atoms with van der Waals surface area (Å²) in [6.45, 7) is 7.89. The van der Waals surface area contributed by atoms with Crippen LogP contribution >= 0.6 is 0 Å². The third-order valence-corrected chi connectivity index (χ3v) is 3.28. The predicted octanol–water partition coefficient (Wildman–Crippen LogP) is 3.62. The molecular weight excluding hydrogens is 269 g/mol. The number of anilines is 1. The summed E-state index contributed by atoms with van der Waals surface area (Å²) in [7, 11) is 0. The van der Waals surface area contributed by atoms with Crippen molar-refractivity contribution in [2.45, 2.75) is 40.3 Å². The summed E-state index contributed by atoms with van der Waals surface area (Å²) in [5.74, 6) is -0.0602. The molecule has 4 nitrogen and oxygen atoms in total. The van der Waals surface area contributed by atoms with E-state index in [-0.39, 0.29) is 11.6 Å². The van der Waals surface area contributed by atoms with E-state index in [1.54, 1.807) is 6.07 Å². The van der Waals surface area contributed by atoms with Crippen molar-refractivity contribution < 1.29 is 9.13 Å². The van der Waals surface area contributed by atoms with Crippen LogP contribution in [0.25, 0.3) is 0 Å². The first-order chi connectivity index (χ1) is 10.2. The smallest absolute Gasteiger partial charge is 0.167 e. The summed E-state index contributed by atoms with van der Waals surface area (Å²) in [4.78, 5) is 0. The zero-order valence-corrected chi connectivity index (χ0v) is 12.8. The first kappa shape index (κ1) is 15.4. The molecule has 0 radical (unpaired) electrons. The van der Waals surface area contributed by atoms with Crippen molar-refractivity contribution in [2.75, 3.05) is 11.9 Å². The van der Waals surface area contributed by atoms with Crippen LogP contribution in [0.3, 0.4) is 0 Å². The highest BCUT2D eigenvalue weighted by atomic mass is 19.1. The molecule has 0 aliphatic heterocycles. The van der Waals surface area contributed by atoms with E-state index < -0.39 is 0 Å². The van der Waals surface area contributed by atoms with E-state index in [1.807, 2.05) is 17.7 Å². The van der Waals surface area contributed by atoms with Gasteiger partial charge in [0.2, 0.25) is 0 Å². The number of ether oxygens (including phenoxy) is 1. The molecule has 1 aromatic heterocycles. The molecule has 0 amide bonds. The van der Waals surface area contributed by atoms with Gasteiger partial charge in [0.25, 0.3) is 0 Å². The molecule has 0 unspecified atom stereocenters. The average molecular weight is 291 g/mol. The molecule has 1 N–H and O–H groups in total. The van der Waals surface area contributed by atoms with Crippen molar-refractivity contribution in [1.82, 2.24) is 9.78 Å². The largest absolute Gasteiger partial charge is 0.491 e. The van der Waals surface area contributed by atoms with Crippen molar-refractivity contribution in [3.63, 3.8) is 0 Å². The summed E-state index contributed by atoms with van der Waals surface area (Å²) in [5.41, 5.74) is 2.91. The Bertz CT molecular complexity index is 595. The molecule has 21 heavy (non-hydrogen) atoms. The molecule has 2 rings (SSSR count). The first-order valence-electron chi connectivity index (χ1n) is 7.39. The Hall–Kier alpha value is -2.04. The van der Waals surface area contributed by atoms with E-state index in [0.29, 0.717) is 13.2 Å². The molecule has 1 aromatic carbocycles. The maximum Gasteiger partial charge on any atom is 0.167 e. The zero-order chi connectivity index (χ0) is 15.2. The van der Waals surface area contributed by atoms with Gasteiger partial charge in [-0.05, 0) is 38.5 Å². The molecule has 0 atom stereocenters. The maximum atomic E-state index is 13.8. The Morgan fingerprint density at radius 2 is 2.05 bits per heavy atom. The third-order valence-electron chi connectivity index (χ3n) is 3.28. The number of hydrogen-bond donors (Lipinski definition) is 1. The molecule has 0 saturated heterocycles. The minimum absolute atomic E-state index is 0.287. The van der Waals surface area contributed by atoms with Gasteiger partial charge < -0.3 is 10.1 Å². The topological polar surface area (TPSA) is 39.1 Å². The van der Waals surface area contributed by atoms with Gasteiger partial charge in [-0.3, -0.25) is 4.68 Å². The van der Waals surface area contributed by atoms with E-state index in [2.05, 4.69) is 30.3 Å². The van der Waals surface area contributed by atoms with Gasteiger partial charge in [0.05, 0.1) is 24.5 Å². The lowest BCUT2D eigenvalue weighted by Crippen LogP contribution is -2.08. The maximum absolute atomic E-state index is 13.8. The predicted molar refractivity (Wildman–Crippen MR) is 82.2 cm³/mol. The number of nitrogens with zero attached hydrogens (tertiary/aromatic N) is 2. The Morgan fingerprint density at radius 1 is 1.24 bits per heavy atom. The monoisotopic (exact) mass is 291 g/mol. The van der Waals surface area contributed by atoms with Crippen LogP contribution in [0.2, 0.25) is 0 Å². The van der Waals surface area contributed by atoms with E-state index >= 15 is 0 Å². The van der Waals surface area contributed by atoms with Gasteiger partial charge in [-0.2, -0.15) is 5.10 Å². The lowest BCUT2D eigenvalue weighted by molar-refractivity contribution is 0.321. The minimum atomic E-state index is -0.347. The standard InChI is InChI=1S/C16H22FN3O/c1-4-12-9-14(20(5-2)19-12)11-18-13-7-8-16(21-6-3)15(17)10-13/h7-10,18H,4-6,11H2,1-3H3. The van der Waals surface area contributed by atoms with Crippen molar-refractivity contribution in [3.05, 3.63) is 41.5 Å². The van der Waals surface area contributed by atoms with Gasteiger partial charge in [0.15, 0.2) is 11.6 Å². The number of aryl methyl sites for hydroxylation is 2. The SMILES string of the molecule is CCOc1ccc(NCc2cc(CC)nn2CC)cc1F. The van der Waals surface area contributed by atoms with Crippen LogP contribution in [0.4, 0.5) is 10.1 Å². The highest BCUT2D eigenvalue weighted by molar-refractivity contribution is 5.47. The molecule has 0 bridgehead atoms. The lowest BCUT2D eigenvalue weighted by atomic mass is 10.2. The highest BCUT2D eigenvalue weighted by Gasteiger charge is 2.07. The van der Waals surface area contributed by atoms with E-state index in [4.69, 9.17) is 4.74 Å². The molecule has 0 spiro atoms. The summed E-state index contributed by atoms with van der Waals surface area (Å²) >= 11 is 0. The van der Waals surface area contributed by atoms with Crippen molar-refractivity contribution in [3.8, 4) is 5.75 Å². The molecule has 0 aliphatic carbocycles. The van der Waals surface area contributed by atoms with Crippen molar-refractivity contribution in [1.29, 1.82) is 0 Å². The zero-order valence-electron chi connectivity index (χ0n) is 12.8. The first-order valence-corrected chi connectivity index (χ1v) is 7.39. The number of benzene rings is 1. The van der Waals surface area contributed by atoms with Gasteiger partial charge in [-0.1, -0.05) is 6.92 Å². The normalized spacial score (nSPS) is 10.7. The van der Waals surface area contributed by atoms with E-state index in [9.17, 15) is 4.39 Å². The van der Waals surface area contributed by atoms with Crippen LogP contribution in [0.15, 0.2) is 24.3 Å². The summed E-state index contributed by atoms with van der Waals surface area (Å²) in [6, 6.07) is 7.01. The van der Waals surface area contributed by atoms with Gasteiger partial charge in [-0.25, -0.2) is 4.39 Å². The fourth-order valence-electron chi connectivity index (χ4n) is 2.18. The van der Waals surface area contributed by atoms with Crippen LogP contribution in [-0.4, -0.2) is 16.4 Å². The molecule has 114 valence electrons. The number of aromatic nitrogens is 2. The third kappa shape index (κ3) is 3.74. The van der Waals surface area contributed by atoms with Crippen molar-refractivity contribution in [2.24, 2.45) is 0 Å². The van der Waals surface area contributed by atoms with Gasteiger partial charge >= 0.3 is 0 Å². The van der Waals surface area contributed by atoms with Crippen LogP contribution in [0.5, 0.6) is 5.75 Å². The van der Waals surface area contributed by atoms with E-state index in [0.717, 1.165) is 30.0 Å². The lowest BCUT2D eigenvalue weighted by Gasteiger charge is -2.10. The van der Waals surface area contributed by atoms with Gasteiger partial charge in [0.1, 0.15) is 0 Å². The fraction of sp³-hybridized carbons (Fsp3) is 0.438. The molecular formula is C16H22FN3O. The molecule has 1 heterocycles. The molecule has 5 heteroatoms. The second kappa shape index (κ2) is 7.11. The molecule has 0 saturated carbocycles. The Morgan fingerprint density at radius 3 is 2.67 bits per heavy atom. The number of halogens is 1. The van der Waals surface area contributed by atoms with Crippen LogP contribution < -0.4 is 10.1 Å². The second-order valence-corrected chi connectivity index (χ2v) is 4.73. The average Bonchev–Trinajstić information content (AvgIpc) is 2.90. The molecule has 0 aliphatic rings. The molecule has 0 fully saturated rings. The van der Waals surface area contributed by atoms with Crippen LogP contribution in [0.1, 0.15) is 32.2 Å². The number of nitrogens with one attached hydrogen (secondary N) is 1. The Labute approximate surface area is 124 Å². The van der Waals surface area contributed by atoms with Crippen LogP contribution in [-0.2, 0) is 19.5 Å². The summed E-state index contributed by atoms with van der Waals surface area (Å²) in [6.07, 6.45) is 0.914. The van der Waals surface area contributed by atoms with Crippen molar-refractivity contribution >= 4 is 5.69 Å². The van der Waals surface area contributed by atoms with E-state index in [1.165, 1.54) is 6.07 Å². The summed E-state index contributed by atoms with van der Waals surface area (Å²) in [5, 5.41) is 7.72.